The lowest BCUT2D eigenvalue weighted by Gasteiger charge is -2.29. The summed E-state index contributed by atoms with van der Waals surface area (Å²) < 4.78 is 33.9. The summed E-state index contributed by atoms with van der Waals surface area (Å²) in [6.45, 7) is 4.02. The zero-order valence-corrected chi connectivity index (χ0v) is 37.3. The predicted octanol–water partition coefficient (Wildman–Crippen LogP) is 9.54. The molecule has 18 heteroatoms. The van der Waals surface area contributed by atoms with Gasteiger partial charge in [0.2, 0.25) is 0 Å². The number of carboxylic acid groups (broad SMARTS) is 1. The van der Waals surface area contributed by atoms with E-state index in [2.05, 4.69) is 32.8 Å². The Labute approximate surface area is 359 Å². The van der Waals surface area contributed by atoms with Gasteiger partial charge in [-0.05, 0) is 67.8 Å². The number of benzene rings is 1. The number of esters is 1. The molecule has 0 saturated heterocycles. The number of nitrogens with zero attached hydrogens (tertiary/aromatic N) is 3. The number of carbonyl (C=O) groups is 2. The standard InChI is InChI=1S/C39H38BrN5O6S6/c1-3-4-18-57(50)38-39(2,42)29-26(21-10-12-22(40)13-11-21)28(31(45-33(29)55-38)34-43-14-17-53-34)36(48)51-15-6-5-7-19-56(49)37-30(41)27-23(35(46)47)20-24(44-32(27)54-37)25-9-8-16-52-25/h8-14,16-17,20,38H,3-7,15,18-19,41-42H2,1-2H3,(H,46,47). The molecule has 298 valence electrons. The van der Waals surface area contributed by atoms with E-state index in [-0.39, 0.29) is 29.2 Å². The Morgan fingerprint density at radius 2 is 1.82 bits per heavy atom. The molecule has 4 unspecified atom stereocenters. The SMILES string of the molecule is CCCCS(=O)C1Sc2nc(-c3nccs3)c(C(=O)OCCCCCS(=O)c3sc4nc(-c5cccs5)cc(C(=O)O)c4c3N)c(-c3ccc(Br)cc3)c2C1(C)N. The van der Waals surface area contributed by atoms with Gasteiger partial charge in [-0.15, -0.1) is 34.0 Å². The molecule has 11 nitrogen and oxygen atoms in total. The van der Waals surface area contributed by atoms with Gasteiger partial charge in [0.15, 0.2) is 0 Å². The fourth-order valence-electron chi connectivity index (χ4n) is 6.64. The van der Waals surface area contributed by atoms with Crippen LogP contribution in [0.25, 0.3) is 42.6 Å². The van der Waals surface area contributed by atoms with E-state index < -0.39 is 43.7 Å². The average molecular weight is 945 g/mol. The second kappa shape index (κ2) is 17.9. The van der Waals surface area contributed by atoms with E-state index in [1.54, 1.807) is 6.20 Å². The summed E-state index contributed by atoms with van der Waals surface area (Å²) in [5.74, 6) is -0.902. The number of halogens is 1. The van der Waals surface area contributed by atoms with Gasteiger partial charge in [0.05, 0.1) is 55.7 Å². The smallest absolute Gasteiger partial charge is 0.341 e. The maximum absolute atomic E-state index is 14.3. The Kier molecular flexibility index (Phi) is 13.1. The number of pyridine rings is 2. The molecule has 0 aliphatic carbocycles. The summed E-state index contributed by atoms with van der Waals surface area (Å²) in [7, 11) is -2.75. The van der Waals surface area contributed by atoms with Gasteiger partial charge in [-0.1, -0.05) is 59.2 Å². The van der Waals surface area contributed by atoms with Crippen molar-refractivity contribution in [1.29, 1.82) is 0 Å². The summed E-state index contributed by atoms with van der Waals surface area (Å²) in [5.41, 5.74) is 15.8. The monoisotopic (exact) mass is 943 g/mol. The number of anilines is 1. The first-order valence-corrected chi connectivity index (χ1v) is 25.0. The van der Waals surface area contributed by atoms with Crippen LogP contribution in [0, 0.1) is 0 Å². The number of rotatable bonds is 16. The van der Waals surface area contributed by atoms with Crippen molar-refractivity contribution in [3.63, 3.8) is 0 Å². The summed E-state index contributed by atoms with van der Waals surface area (Å²) in [4.78, 5) is 41.9. The van der Waals surface area contributed by atoms with Gasteiger partial charge in [-0.2, -0.15) is 0 Å². The van der Waals surface area contributed by atoms with E-state index in [0.717, 1.165) is 39.1 Å². The van der Waals surface area contributed by atoms with Crippen molar-refractivity contribution in [2.45, 2.75) is 65.3 Å². The molecule has 6 aromatic rings. The molecular weight excluding hydrogens is 907 g/mol. The van der Waals surface area contributed by atoms with Crippen LogP contribution in [0.1, 0.15) is 72.2 Å². The lowest BCUT2D eigenvalue weighted by molar-refractivity contribution is 0.0499. The number of nitrogen functional groups attached to an aromatic ring is 1. The molecule has 5 N–H and O–H groups in total. The van der Waals surface area contributed by atoms with Crippen LogP contribution in [0.4, 0.5) is 5.69 Å². The largest absolute Gasteiger partial charge is 0.478 e. The summed E-state index contributed by atoms with van der Waals surface area (Å²) in [5, 5.41) is 15.2. The molecule has 6 heterocycles. The van der Waals surface area contributed by atoms with Crippen molar-refractivity contribution in [2.75, 3.05) is 23.8 Å². The molecule has 1 aromatic carbocycles. The second-order valence-electron chi connectivity index (χ2n) is 13.5. The maximum Gasteiger partial charge on any atom is 0.341 e. The van der Waals surface area contributed by atoms with Gasteiger partial charge in [0.25, 0.3) is 0 Å². The topological polar surface area (TPSA) is 188 Å². The number of nitrogens with two attached hydrogens (primary N) is 2. The first-order valence-electron chi connectivity index (χ1n) is 18.0. The van der Waals surface area contributed by atoms with Gasteiger partial charge in [0.1, 0.15) is 29.3 Å². The highest BCUT2D eigenvalue weighted by Crippen LogP contribution is 2.53. The van der Waals surface area contributed by atoms with Gasteiger partial charge in [-0.3, -0.25) is 8.42 Å². The molecule has 0 bridgehead atoms. The van der Waals surface area contributed by atoms with Crippen LogP contribution in [-0.2, 0) is 31.9 Å². The number of hydrogen-bond acceptors (Lipinski definition) is 14. The zero-order valence-electron chi connectivity index (χ0n) is 30.8. The van der Waals surface area contributed by atoms with Gasteiger partial charge in [0, 0.05) is 49.5 Å². The highest BCUT2D eigenvalue weighted by atomic mass is 79.9. The number of unbranched alkanes of at least 4 members (excludes halogenated alkanes) is 3. The molecule has 7 rings (SSSR count). The number of thiazole rings is 1. The van der Waals surface area contributed by atoms with Crippen molar-refractivity contribution in [1.82, 2.24) is 15.0 Å². The fraction of sp³-hybridized carbons (Fsp3) is 0.308. The molecule has 0 saturated carbocycles. The van der Waals surface area contributed by atoms with Gasteiger partial charge >= 0.3 is 11.9 Å². The first kappa shape index (κ1) is 41.8. The number of thiophene rings is 2. The van der Waals surface area contributed by atoms with E-state index in [1.807, 2.05) is 54.1 Å². The number of carbonyl (C=O) groups excluding carboxylic acids is 1. The minimum atomic E-state index is -1.50. The van der Waals surface area contributed by atoms with Crippen molar-refractivity contribution >= 4 is 111 Å². The maximum atomic E-state index is 14.3. The Morgan fingerprint density at radius 1 is 1.04 bits per heavy atom. The quantitative estimate of drug-likeness (QED) is 0.0617. The zero-order chi connectivity index (χ0) is 40.4. The Balaban J connectivity index is 1.09. The number of hydrogen-bond donors (Lipinski definition) is 3. The van der Waals surface area contributed by atoms with Crippen molar-refractivity contribution in [3.8, 4) is 32.4 Å². The summed E-state index contributed by atoms with van der Waals surface area (Å²) in [6.07, 6.45) is 5.03. The molecule has 1 aliphatic heterocycles. The first-order chi connectivity index (χ1) is 27.4. The van der Waals surface area contributed by atoms with Crippen LogP contribution in [0.15, 0.2) is 73.1 Å². The van der Waals surface area contributed by atoms with Crippen LogP contribution < -0.4 is 11.5 Å². The number of ether oxygens (including phenoxy) is 1. The number of aromatic carboxylic acids is 1. The van der Waals surface area contributed by atoms with Crippen LogP contribution in [0.3, 0.4) is 0 Å². The lowest BCUT2D eigenvalue weighted by Crippen LogP contribution is -2.43. The third-order valence-corrected chi connectivity index (χ3v) is 18.4. The van der Waals surface area contributed by atoms with Crippen LogP contribution >= 0.6 is 61.7 Å². The van der Waals surface area contributed by atoms with Crippen LogP contribution in [0.2, 0.25) is 0 Å². The van der Waals surface area contributed by atoms with E-state index in [0.29, 0.717) is 72.0 Å². The molecule has 1 aliphatic rings. The van der Waals surface area contributed by atoms with Crippen LogP contribution in [-0.4, -0.2) is 63.1 Å². The molecule has 4 atom stereocenters. The van der Waals surface area contributed by atoms with Crippen molar-refractivity contribution in [3.05, 3.63) is 80.6 Å². The molecule has 0 spiro atoms. The summed E-state index contributed by atoms with van der Waals surface area (Å²) in [6, 6.07) is 12.9. The van der Waals surface area contributed by atoms with E-state index >= 15 is 0 Å². The molecule has 0 radical (unpaired) electrons. The third-order valence-electron chi connectivity index (χ3n) is 9.40. The normalized spacial score (nSPS) is 17.4. The minimum absolute atomic E-state index is 0.0266. The average Bonchev–Trinajstić information content (AvgIpc) is 4.02. The fourth-order valence-corrected chi connectivity index (χ4v) is 14.5. The Bertz CT molecular complexity index is 2490. The summed E-state index contributed by atoms with van der Waals surface area (Å²) >= 11 is 8.88. The Morgan fingerprint density at radius 3 is 2.51 bits per heavy atom. The number of fused-ring (bicyclic) bond motifs is 2. The predicted molar refractivity (Wildman–Crippen MR) is 237 cm³/mol. The lowest BCUT2D eigenvalue weighted by atomic mass is 9.85. The van der Waals surface area contributed by atoms with E-state index in [1.165, 1.54) is 40.5 Å². The molecule has 57 heavy (non-hydrogen) atoms. The molecule has 0 amide bonds. The van der Waals surface area contributed by atoms with Crippen molar-refractivity contribution in [2.24, 2.45) is 5.73 Å². The van der Waals surface area contributed by atoms with Gasteiger partial charge < -0.3 is 21.3 Å². The highest BCUT2D eigenvalue weighted by molar-refractivity contribution is 9.10. The second-order valence-corrected chi connectivity index (χ2v) is 22.0. The molecular formula is C39H38BrN5O6S6. The minimum Gasteiger partial charge on any atom is -0.478 e. The van der Waals surface area contributed by atoms with Gasteiger partial charge in [-0.25, -0.2) is 24.5 Å². The number of aromatic nitrogens is 3. The molecule has 5 aromatic heterocycles. The third kappa shape index (κ3) is 8.55. The van der Waals surface area contributed by atoms with Crippen LogP contribution in [0.5, 0.6) is 0 Å². The number of thioether (sulfide) groups is 1. The molecule has 0 fully saturated rings. The highest BCUT2D eigenvalue weighted by Gasteiger charge is 2.49. The Hall–Kier alpha value is -3.36. The van der Waals surface area contributed by atoms with E-state index in [9.17, 15) is 23.1 Å². The van der Waals surface area contributed by atoms with Crippen molar-refractivity contribution < 1.29 is 27.9 Å². The van der Waals surface area contributed by atoms with E-state index in [4.69, 9.17) is 21.2 Å². The number of carboxylic acids is 1.